The highest BCUT2D eigenvalue weighted by Crippen LogP contribution is 2.21. The van der Waals surface area contributed by atoms with Crippen LogP contribution in [0.2, 0.25) is 5.02 Å². The summed E-state index contributed by atoms with van der Waals surface area (Å²) in [6, 6.07) is 7.86. The zero-order chi connectivity index (χ0) is 11.7. The molecule has 1 nitrogen and oxygen atoms in total. The minimum absolute atomic E-state index is 0.785. The molecule has 0 saturated heterocycles. The summed E-state index contributed by atoms with van der Waals surface area (Å²) >= 11 is 7.56. The second-order valence-corrected chi connectivity index (χ2v) is 4.35. The summed E-state index contributed by atoms with van der Waals surface area (Å²) in [5.74, 6) is 0.917. The Morgan fingerprint density at radius 3 is 2.67 bits per heavy atom. The van der Waals surface area contributed by atoms with Gasteiger partial charge in [-0.1, -0.05) is 37.6 Å². The number of halogens is 1. The summed E-state index contributed by atoms with van der Waals surface area (Å²) in [6.45, 7) is 6.00. The molecule has 0 aliphatic carbocycles. The fourth-order valence-electron chi connectivity index (χ4n) is 0.872. The van der Waals surface area contributed by atoms with E-state index < -0.39 is 0 Å². The van der Waals surface area contributed by atoms with Gasteiger partial charge in [-0.05, 0) is 29.5 Å². The van der Waals surface area contributed by atoms with Gasteiger partial charge in [0.05, 0.1) is 0 Å². The maximum Gasteiger partial charge on any atom is 0.0409 e. The number of allylic oxidation sites excluding steroid dienone is 1. The summed E-state index contributed by atoms with van der Waals surface area (Å²) in [5.41, 5.74) is 6.58. The molecule has 0 bridgehead atoms. The maximum atomic E-state index is 5.85. The van der Waals surface area contributed by atoms with E-state index in [1.165, 1.54) is 5.56 Å². The van der Waals surface area contributed by atoms with E-state index in [0.29, 0.717) is 0 Å². The highest BCUT2D eigenvalue weighted by atomic mass is 35.5. The predicted molar refractivity (Wildman–Crippen MR) is 72.0 cm³/mol. The van der Waals surface area contributed by atoms with Crippen LogP contribution < -0.4 is 5.73 Å². The van der Waals surface area contributed by atoms with Gasteiger partial charge in [-0.25, -0.2) is 0 Å². The smallest absolute Gasteiger partial charge is 0.0409 e. The van der Waals surface area contributed by atoms with Crippen LogP contribution in [-0.2, 0) is 5.75 Å². The van der Waals surface area contributed by atoms with Crippen LogP contribution in [0.25, 0.3) is 0 Å². The molecule has 0 heterocycles. The third kappa shape index (κ3) is 6.47. The standard InChI is InChI=1S/C10H12ClNS.C2H6/c1-8(6-12)13-7-9-3-2-4-10(11)5-9;1-2/h2-6H,7,12H2,1H3;1-2H3/b8-6-;. The van der Waals surface area contributed by atoms with Crippen LogP contribution in [-0.4, -0.2) is 0 Å². The summed E-state index contributed by atoms with van der Waals surface area (Å²) in [7, 11) is 0. The first-order valence-electron chi connectivity index (χ1n) is 4.98. The van der Waals surface area contributed by atoms with Crippen LogP contribution in [0.1, 0.15) is 26.3 Å². The molecular formula is C12H18ClNS. The van der Waals surface area contributed by atoms with Gasteiger partial charge in [-0.2, -0.15) is 0 Å². The molecule has 0 atom stereocenters. The Hall–Kier alpha value is -0.600. The van der Waals surface area contributed by atoms with Crippen molar-refractivity contribution in [1.82, 2.24) is 0 Å². The minimum Gasteiger partial charge on any atom is -0.404 e. The van der Waals surface area contributed by atoms with Crippen molar-refractivity contribution in [2.24, 2.45) is 5.73 Å². The highest BCUT2D eigenvalue weighted by molar-refractivity contribution is 8.02. The Bertz CT molecular complexity index is 310. The number of hydrogen-bond donors (Lipinski definition) is 1. The van der Waals surface area contributed by atoms with Crippen LogP contribution in [0.3, 0.4) is 0 Å². The fourth-order valence-corrected chi connectivity index (χ4v) is 1.76. The van der Waals surface area contributed by atoms with E-state index in [1.54, 1.807) is 18.0 Å². The summed E-state index contributed by atoms with van der Waals surface area (Å²) in [6.07, 6.45) is 1.62. The topological polar surface area (TPSA) is 26.0 Å². The molecular weight excluding hydrogens is 226 g/mol. The Morgan fingerprint density at radius 1 is 1.47 bits per heavy atom. The molecule has 3 heteroatoms. The molecule has 1 aromatic carbocycles. The molecule has 0 saturated carbocycles. The van der Waals surface area contributed by atoms with Crippen molar-refractivity contribution in [2.75, 3.05) is 0 Å². The first kappa shape index (κ1) is 14.4. The van der Waals surface area contributed by atoms with E-state index in [-0.39, 0.29) is 0 Å². The monoisotopic (exact) mass is 243 g/mol. The third-order valence-electron chi connectivity index (χ3n) is 1.59. The van der Waals surface area contributed by atoms with Crippen LogP contribution in [0.15, 0.2) is 35.4 Å². The molecule has 0 unspecified atom stereocenters. The van der Waals surface area contributed by atoms with E-state index in [0.717, 1.165) is 15.7 Å². The highest BCUT2D eigenvalue weighted by Gasteiger charge is 1.95. The normalized spacial score (nSPS) is 10.5. The van der Waals surface area contributed by atoms with Gasteiger partial charge in [0.15, 0.2) is 0 Å². The van der Waals surface area contributed by atoms with Gasteiger partial charge in [0, 0.05) is 17.0 Å². The minimum atomic E-state index is 0.785. The number of nitrogens with two attached hydrogens (primary N) is 1. The van der Waals surface area contributed by atoms with E-state index in [9.17, 15) is 0 Å². The summed E-state index contributed by atoms with van der Waals surface area (Å²) < 4.78 is 0. The second kappa shape index (κ2) is 8.69. The SMILES string of the molecule is C/C(=C/N)SCc1cccc(Cl)c1.CC. The van der Waals surface area contributed by atoms with Crippen LogP contribution in [0.5, 0.6) is 0 Å². The fraction of sp³-hybridized carbons (Fsp3) is 0.333. The molecule has 0 radical (unpaired) electrons. The molecule has 0 spiro atoms. The quantitative estimate of drug-likeness (QED) is 0.851. The van der Waals surface area contributed by atoms with Gasteiger partial charge in [0.2, 0.25) is 0 Å². The van der Waals surface area contributed by atoms with Crippen LogP contribution in [0.4, 0.5) is 0 Å². The summed E-state index contributed by atoms with van der Waals surface area (Å²) in [4.78, 5) is 1.12. The van der Waals surface area contributed by atoms with Crippen LogP contribution >= 0.6 is 23.4 Å². The predicted octanol–water partition coefficient (Wildman–Crippen LogP) is 4.42. The first-order valence-corrected chi connectivity index (χ1v) is 6.34. The van der Waals surface area contributed by atoms with Gasteiger partial charge in [-0.15, -0.1) is 11.8 Å². The first-order chi connectivity index (χ1) is 7.22. The lowest BCUT2D eigenvalue weighted by atomic mass is 10.2. The van der Waals surface area contributed by atoms with E-state index >= 15 is 0 Å². The lowest BCUT2D eigenvalue weighted by Crippen LogP contribution is -1.83. The molecule has 1 rings (SSSR count). The molecule has 0 amide bonds. The third-order valence-corrected chi connectivity index (χ3v) is 2.89. The molecule has 1 aromatic rings. The maximum absolute atomic E-state index is 5.85. The Balaban J connectivity index is 0.000000921. The largest absolute Gasteiger partial charge is 0.404 e. The van der Waals surface area contributed by atoms with Crippen molar-refractivity contribution >= 4 is 23.4 Å². The Labute approximate surface area is 102 Å². The number of hydrogen-bond acceptors (Lipinski definition) is 2. The molecule has 2 N–H and O–H groups in total. The van der Waals surface area contributed by atoms with Crippen molar-refractivity contribution in [3.8, 4) is 0 Å². The van der Waals surface area contributed by atoms with Gasteiger partial charge in [-0.3, -0.25) is 0 Å². The summed E-state index contributed by atoms with van der Waals surface area (Å²) in [5, 5.41) is 0.785. The van der Waals surface area contributed by atoms with Crippen molar-refractivity contribution in [3.05, 3.63) is 46.0 Å². The molecule has 0 aliphatic heterocycles. The van der Waals surface area contributed by atoms with Crippen LogP contribution in [0, 0.1) is 0 Å². The Morgan fingerprint density at radius 2 is 2.13 bits per heavy atom. The average Bonchev–Trinajstić information content (AvgIpc) is 2.29. The molecule has 84 valence electrons. The van der Waals surface area contributed by atoms with E-state index in [2.05, 4.69) is 6.07 Å². The van der Waals surface area contributed by atoms with Crippen molar-refractivity contribution in [3.63, 3.8) is 0 Å². The van der Waals surface area contributed by atoms with Gasteiger partial charge in [0.1, 0.15) is 0 Å². The zero-order valence-electron chi connectivity index (χ0n) is 9.46. The Kier molecular flexibility index (Phi) is 8.34. The van der Waals surface area contributed by atoms with Gasteiger partial charge in [0.25, 0.3) is 0 Å². The number of benzene rings is 1. The van der Waals surface area contributed by atoms with Crippen molar-refractivity contribution in [1.29, 1.82) is 0 Å². The molecule has 15 heavy (non-hydrogen) atoms. The molecule has 0 aromatic heterocycles. The second-order valence-electron chi connectivity index (χ2n) is 2.70. The van der Waals surface area contributed by atoms with Gasteiger partial charge < -0.3 is 5.73 Å². The van der Waals surface area contributed by atoms with Gasteiger partial charge >= 0.3 is 0 Å². The zero-order valence-corrected chi connectivity index (χ0v) is 11.0. The number of rotatable bonds is 3. The molecule has 0 fully saturated rings. The van der Waals surface area contributed by atoms with E-state index in [1.807, 2.05) is 39.0 Å². The van der Waals surface area contributed by atoms with E-state index in [4.69, 9.17) is 17.3 Å². The molecule has 0 aliphatic rings. The number of thioether (sulfide) groups is 1. The lowest BCUT2D eigenvalue weighted by molar-refractivity contribution is 1.41. The van der Waals surface area contributed by atoms with Crippen molar-refractivity contribution in [2.45, 2.75) is 26.5 Å². The van der Waals surface area contributed by atoms with Crippen molar-refractivity contribution < 1.29 is 0 Å². The lowest BCUT2D eigenvalue weighted by Gasteiger charge is -2.01. The average molecular weight is 244 g/mol.